The molecule has 0 saturated heterocycles. The summed E-state index contributed by atoms with van der Waals surface area (Å²) in [4.78, 5) is 59.2. The number of rotatable bonds is 11. The van der Waals surface area contributed by atoms with Crippen molar-refractivity contribution in [3.8, 4) is 0 Å². The highest BCUT2D eigenvalue weighted by Crippen LogP contribution is 2.13. The predicted octanol–water partition coefficient (Wildman–Crippen LogP) is 8.38. The summed E-state index contributed by atoms with van der Waals surface area (Å²) in [6, 6.07) is 21.3. The van der Waals surface area contributed by atoms with Crippen molar-refractivity contribution < 1.29 is 38.6 Å². The van der Waals surface area contributed by atoms with Gasteiger partial charge in [0.2, 0.25) is 11.8 Å². The van der Waals surface area contributed by atoms with Crippen LogP contribution in [0, 0.1) is 20.8 Å². The summed E-state index contributed by atoms with van der Waals surface area (Å²) < 4.78 is 10.3. The van der Waals surface area contributed by atoms with Crippen LogP contribution in [0.3, 0.4) is 0 Å². The summed E-state index contributed by atoms with van der Waals surface area (Å²) in [5, 5.41) is 20.0. The third-order valence-electron chi connectivity index (χ3n) is 8.03. The van der Waals surface area contributed by atoms with Crippen LogP contribution in [0.1, 0.15) is 137 Å². The van der Waals surface area contributed by atoms with Crippen molar-refractivity contribution in [3.05, 3.63) is 106 Å². The third kappa shape index (κ3) is 33.1. The van der Waals surface area contributed by atoms with Crippen molar-refractivity contribution in [3.63, 3.8) is 0 Å². The molecule has 14 heteroatoms. The minimum Gasteiger partial charge on any atom is -0.480 e. The van der Waals surface area contributed by atoms with E-state index < -0.39 is 47.5 Å². The molecule has 0 aliphatic rings. The zero-order chi connectivity index (χ0) is 51.4. The van der Waals surface area contributed by atoms with Gasteiger partial charge in [-0.1, -0.05) is 89.5 Å². The summed E-state index contributed by atoms with van der Waals surface area (Å²) in [6.45, 7) is 34.0. The van der Waals surface area contributed by atoms with Gasteiger partial charge in [-0.15, -0.1) is 0 Å². The van der Waals surface area contributed by atoms with Gasteiger partial charge in [0, 0.05) is 29.5 Å². The lowest BCUT2D eigenvalue weighted by Gasteiger charge is -2.27. The topological polar surface area (TPSA) is 224 Å². The van der Waals surface area contributed by atoms with Gasteiger partial charge < -0.3 is 47.3 Å². The Balaban J connectivity index is 0.000000922. The van der Waals surface area contributed by atoms with Crippen LogP contribution in [0.5, 0.6) is 0 Å². The van der Waals surface area contributed by atoms with E-state index in [1.807, 2.05) is 156 Å². The molecule has 370 valence electrons. The first-order valence-electron chi connectivity index (χ1n) is 22.4. The molecule has 3 rings (SSSR count). The van der Waals surface area contributed by atoms with Crippen LogP contribution in [0.4, 0.5) is 9.59 Å². The lowest BCUT2D eigenvalue weighted by atomic mass is 10.0. The number of carbonyl (C=O) groups is 5. The molecular weight excluding hydrogens is 837 g/mol. The molecule has 3 aromatic rings. The molecule has 0 heterocycles. The van der Waals surface area contributed by atoms with E-state index in [4.69, 9.17) is 26.0 Å². The Morgan fingerprint density at radius 2 is 0.773 bits per heavy atom. The zero-order valence-electron chi connectivity index (χ0n) is 43.2. The maximum Gasteiger partial charge on any atom is 0.408 e. The van der Waals surface area contributed by atoms with Crippen LogP contribution in [0.25, 0.3) is 0 Å². The molecule has 0 saturated carbocycles. The second-order valence-electron chi connectivity index (χ2n) is 21.8. The van der Waals surface area contributed by atoms with E-state index in [2.05, 4.69) is 21.3 Å². The van der Waals surface area contributed by atoms with E-state index in [-0.39, 0.29) is 34.9 Å². The lowest BCUT2D eigenvalue weighted by molar-refractivity contribution is -0.139. The minimum atomic E-state index is -1.09. The molecule has 0 unspecified atom stereocenters. The second kappa shape index (κ2) is 26.6. The average molecular weight is 921 g/mol. The molecule has 0 spiro atoms. The van der Waals surface area contributed by atoms with Crippen molar-refractivity contribution in [1.82, 2.24) is 21.3 Å². The standard InChI is InChI=1S/C19H30N2O3.C15H21NO4.C14H22N2O.C4H11N/c1-13-8-10-14(11-9-13)12-15(16(22)21-18(2,3)4)20-17(23)24-19(5,6)7;1-10-5-7-11(8-6-10)9-12(13(17)18)16-14(19)20-15(2,3)4;1-10-5-7-11(8-6-10)9-12(15)13(17)16-14(2,3)4;1-4(2,3)5/h8-11,15H,12H2,1-7H3,(H,20,23)(H,21,22);5-8,12H,9H2,1-4H3,(H,16,19)(H,17,18);5-8,12H,9,15H2,1-4H3,(H,16,17);5H2,1-3H3/t15-;2*12-;/m000./s1. The number of aliphatic carboxylic acids is 1. The molecule has 14 nitrogen and oxygen atoms in total. The highest BCUT2D eigenvalue weighted by molar-refractivity contribution is 5.86. The molecule has 4 amide bonds. The minimum absolute atomic E-state index is 0. The van der Waals surface area contributed by atoms with Gasteiger partial charge >= 0.3 is 18.2 Å². The van der Waals surface area contributed by atoms with Crippen LogP contribution >= 0.6 is 0 Å². The van der Waals surface area contributed by atoms with E-state index in [1.165, 1.54) is 5.56 Å². The van der Waals surface area contributed by atoms with E-state index in [1.54, 1.807) is 41.5 Å². The number of ether oxygens (including phenoxy) is 2. The second-order valence-corrected chi connectivity index (χ2v) is 21.8. The molecular formula is C52H84N6O8. The molecule has 0 aromatic heterocycles. The Bertz CT molecular complexity index is 1940. The largest absolute Gasteiger partial charge is 0.480 e. The van der Waals surface area contributed by atoms with Crippen LogP contribution in [0.15, 0.2) is 72.8 Å². The first-order valence-corrected chi connectivity index (χ1v) is 22.4. The first-order chi connectivity index (χ1) is 29.8. The summed E-state index contributed by atoms with van der Waals surface area (Å²) in [5.74, 6) is -1.41. The fraction of sp³-hybridized carbons (Fsp3) is 0.558. The van der Waals surface area contributed by atoms with Crippen LogP contribution in [-0.4, -0.2) is 81.0 Å². The van der Waals surface area contributed by atoms with Gasteiger partial charge in [-0.3, -0.25) is 9.59 Å². The normalized spacial score (nSPS) is 12.9. The van der Waals surface area contributed by atoms with Gasteiger partial charge in [-0.2, -0.15) is 0 Å². The van der Waals surface area contributed by atoms with Crippen LogP contribution < -0.4 is 32.7 Å². The number of aryl methyl sites for hydroxylation is 3. The van der Waals surface area contributed by atoms with Crippen molar-refractivity contribution >= 4 is 30.0 Å². The van der Waals surface area contributed by atoms with Crippen molar-refractivity contribution in [2.45, 2.75) is 190 Å². The first kappa shape index (κ1) is 60.5. The fourth-order valence-electron chi connectivity index (χ4n) is 5.22. The monoisotopic (exact) mass is 921 g/mol. The Kier molecular flexibility index (Phi) is 24.4. The highest BCUT2D eigenvalue weighted by atomic mass is 16.6. The molecule has 3 atom stereocenters. The number of carboxylic acids is 1. The molecule has 66 heavy (non-hydrogen) atoms. The maximum absolute atomic E-state index is 12.5. The van der Waals surface area contributed by atoms with Crippen molar-refractivity contribution in [1.29, 1.82) is 0 Å². The van der Waals surface area contributed by atoms with Crippen molar-refractivity contribution in [2.75, 3.05) is 0 Å². The van der Waals surface area contributed by atoms with Gasteiger partial charge in [0.15, 0.2) is 0 Å². The third-order valence-corrected chi connectivity index (χ3v) is 8.03. The molecule has 0 fully saturated rings. The van der Waals surface area contributed by atoms with Gasteiger partial charge in [-0.05, 0) is 148 Å². The quantitative estimate of drug-likeness (QED) is 0.0973. The number of amides is 4. The van der Waals surface area contributed by atoms with Crippen LogP contribution in [-0.2, 0) is 43.1 Å². The lowest BCUT2D eigenvalue weighted by Crippen LogP contribution is -2.53. The molecule has 9 N–H and O–H groups in total. The number of hydrogen-bond donors (Lipinski definition) is 7. The number of nitrogens with one attached hydrogen (secondary N) is 4. The summed E-state index contributed by atoms with van der Waals surface area (Å²) in [6.07, 6.45) is -0.126. The molecule has 0 radical (unpaired) electrons. The summed E-state index contributed by atoms with van der Waals surface area (Å²) >= 11 is 0. The Morgan fingerprint density at radius 1 is 0.500 bits per heavy atom. The van der Waals surface area contributed by atoms with Crippen LogP contribution in [0.2, 0.25) is 0 Å². The number of nitrogens with two attached hydrogens (primary N) is 2. The average Bonchev–Trinajstić information content (AvgIpc) is 3.10. The Labute approximate surface area is 396 Å². The van der Waals surface area contributed by atoms with Gasteiger partial charge in [0.25, 0.3) is 0 Å². The smallest absolute Gasteiger partial charge is 0.408 e. The fourth-order valence-corrected chi connectivity index (χ4v) is 5.22. The number of hydrogen-bond acceptors (Lipinski definition) is 9. The molecule has 3 aromatic carbocycles. The maximum atomic E-state index is 12.5. The van der Waals surface area contributed by atoms with E-state index in [9.17, 15) is 24.0 Å². The molecule has 0 aliphatic heterocycles. The number of carboxylic acid groups (broad SMARTS) is 1. The summed E-state index contributed by atoms with van der Waals surface area (Å²) in [7, 11) is 0. The zero-order valence-corrected chi connectivity index (χ0v) is 43.2. The Hall–Kier alpha value is -5.47. The SMILES string of the molecule is CC(C)(C)N.Cc1ccc(C[C@H](N)C(=O)NC(C)(C)C)cc1.Cc1ccc(C[C@H](NC(=O)OC(C)(C)C)C(=O)NC(C)(C)C)cc1.Cc1ccc(C[C@H](NC(=O)OC(C)(C)C)C(=O)O)cc1. The molecule has 0 aliphatic carbocycles. The number of benzene rings is 3. The predicted molar refractivity (Wildman–Crippen MR) is 266 cm³/mol. The van der Waals surface area contributed by atoms with E-state index in [0.29, 0.717) is 12.8 Å². The summed E-state index contributed by atoms with van der Waals surface area (Å²) in [5.41, 5.74) is 15.7. The number of carbonyl (C=O) groups excluding carboxylic acids is 4. The number of alkyl carbamates (subject to hydrolysis) is 2. The van der Waals surface area contributed by atoms with Gasteiger partial charge in [0.05, 0.1) is 6.04 Å². The molecule has 0 bridgehead atoms. The highest BCUT2D eigenvalue weighted by Gasteiger charge is 2.28. The van der Waals surface area contributed by atoms with Gasteiger partial charge in [0.1, 0.15) is 23.3 Å². The van der Waals surface area contributed by atoms with E-state index >= 15 is 0 Å². The Morgan fingerprint density at radius 3 is 1.06 bits per heavy atom. The van der Waals surface area contributed by atoms with Gasteiger partial charge in [-0.25, -0.2) is 14.4 Å². The van der Waals surface area contributed by atoms with E-state index in [0.717, 1.165) is 27.8 Å². The van der Waals surface area contributed by atoms with Crippen molar-refractivity contribution in [2.24, 2.45) is 11.5 Å².